The molecule has 0 N–H and O–H groups in total. The van der Waals surface area contributed by atoms with Crippen molar-refractivity contribution in [1.29, 1.82) is 0 Å². The van der Waals surface area contributed by atoms with Gasteiger partial charge >= 0.3 is 0 Å². The van der Waals surface area contributed by atoms with E-state index in [9.17, 15) is 0 Å². The van der Waals surface area contributed by atoms with Crippen LogP contribution in [0.5, 0.6) is 0 Å². The summed E-state index contributed by atoms with van der Waals surface area (Å²) in [5, 5.41) is 6.57. The molecule has 0 saturated heterocycles. The third-order valence-electron chi connectivity index (χ3n) is 5.26. The SMILES string of the molecule is C=C[Si](C)(C)c1ccc2ccccc2c1-c1c(Br)ccc2ccccc12. The molecule has 0 aromatic heterocycles. The molecule has 0 spiro atoms. The van der Waals surface area contributed by atoms with Crippen LogP contribution in [0.1, 0.15) is 0 Å². The van der Waals surface area contributed by atoms with E-state index in [1.54, 1.807) is 0 Å². The number of hydrogen-bond acceptors (Lipinski definition) is 0. The zero-order valence-electron chi connectivity index (χ0n) is 15.1. The number of rotatable bonds is 3. The second-order valence-electron chi connectivity index (χ2n) is 7.28. The maximum absolute atomic E-state index is 4.16. The van der Waals surface area contributed by atoms with E-state index >= 15 is 0 Å². The quantitative estimate of drug-likeness (QED) is 0.313. The van der Waals surface area contributed by atoms with Crippen molar-refractivity contribution in [1.82, 2.24) is 0 Å². The van der Waals surface area contributed by atoms with Crippen molar-refractivity contribution in [2.24, 2.45) is 0 Å². The van der Waals surface area contributed by atoms with Gasteiger partial charge in [-0.15, -0.1) is 6.58 Å². The summed E-state index contributed by atoms with van der Waals surface area (Å²) in [6, 6.07) is 26.3. The van der Waals surface area contributed by atoms with E-state index in [0.29, 0.717) is 0 Å². The van der Waals surface area contributed by atoms with Gasteiger partial charge in [0.15, 0.2) is 0 Å². The van der Waals surface area contributed by atoms with E-state index in [1.807, 2.05) is 0 Å². The highest BCUT2D eigenvalue weighted by molar-refractivity contribution is 9.10. The molecule has 0 heterocycles. The third kappa shape index (κ3) is 2.74. The number of halogens is 1. The highest BCUT2D eigenvalue weighted by atomic mass is 79.9. The maximum Gasteiger partial charge on any atom is 0.104 e. The fraction of sp³-hybridized carbons (Fsp3) is 0.0833. The molecule has 0 bridgehead atoms. The first kappa shape index (κ1) is 17.3. The molecular weight excluding hydrogens is 396 g/mol. The number of hydrogen-bond donors (Lipinski definition) is 0. The van der Waals surface area contributed by atoms with Crippen LogP contribution < -0.4 is 5.19 Å². The van der Waals surface area contributed by atoms with Crippen molar-refractivity contribution in [3.05, 3.63) is 89.5 Å². The minimum absolute atomic E-state index is 1.14. The van der Waals surface area contributed by atoms with Gasteiger partial charge in [0, 0.05) is 10.0 Å². The lowest BCUT2D eigenvalue weighted by Crippen LogP contribution is -2.40. The molecule has 4 aromatic rings. The van der Waals surface area contributed by atoms with E-state index in [2.05, 4.69) is 114 Å². The average molecular weight is 417 g/mol. The van der Waals surface area contributed by atoms with E-state index in [0.717, 1.165) is 4.47 Å². The summed E-state index contributed by atoms with van der Waals surface area (Å²) < 4.78 is 1.14. The molecule has 4 aromatic carbocycles. The maximum atomic E-state index is 4.16. The van der Waals surface area contributed by atoms with Crippen molar-refractivity contribution >= 4 is 50.7 Å². The van der Waals surface area contributed by atoms with Gasteiger partial charge in [0.05, 0.1) is 0 Å². The van der Waals surface area contributed by atoms with Crippen molar-refractivity contribution < 1.29 is 0 Å². The zero-order valence-corrected chi connectivity index (χ0v) is 17.7. The molecule has 2 heteroatoms. The summed E-state index contributed by atoms with van der Waals surface area (Å²) in [6.45, 7) is 8.89. The predicted octanol–water partition coefficient (Wildman–Crippen LogP) is 7.06. The van der Waals surface area contributed by atoms with Crippen molar-refractivity contribution in [2.75, 3.05) is 0 Å². The fourth-order valence-corrected chi connectivity index (χ4v) is 5.87. The molecule has 0 atom stereocenters. The van der Waals surface area contributed by atoms with Crippen LogP contribution in [0.4, 0.5) is 0 Å². The van der Waals surface area contributed by atoms with Gasteiger partial charge in [-0.1, -0.05) is 101 Å². The third-order valence-corrected chi connectivity index (χ3v) is 8.75. The summed E-state index contributed by atoms with van der Waals surface area (Å²) in [5.74, 6) is 0. The molecule has 0 radical (unpaired) electrons. The molecule has 0 aliphatic carbocycles. The molecule has 0 fully saturated rings. The lowest BCUT2D eigenvalue weighted by molar-refractivity contribution is 1.65. The van der Waals surface area contributed by atoms with Gasteiger partial charge in [0.1, 0.15) is 8.07 Å². The molecule has 0 aliphatic rings. The highest BCUT2D eigenvalue weighted by Gasteiger charge is 2.26. The van der Waals surface area contributed by atoms with Crippen LogP contribution in [0.3, 0.4) is 0 Å². The summed E-state index contributed by atoms with van der Waals surface area (Å²) >= 11 is 3.85. The minimum Gasteiger partial charge on any atom is -0.107 e. The van der Waals surface area contributed by atoms with Crippen LogP contribution in [-0.2, 0) is 0 Å². The van der Waals surface area contributed by atoms with Crippen LogP contribution in [-0.4, -0.2) is 8.07 Å². The van der Waals surface area contributed by atoms with E-state index in [4.69, 9.17) is 0 Å². The van der Waals surface area contributed by atoms with E-state index < -0.39 is 8.07 Å². The topological polar surface area (TPSA) is 0 Å². The molecule has 0 saturated carbocycles. The molecule has 0 aliphatic heterocycles. The summed E-state index contributed by atoms with van der Waals surface area (Å²) in [6.07, 6.45) is 0. The number of fused-ring (bicyclic) bond motifs is 2. The molecule has 128 valence electrons. The monoisotopic (exact) mass is 416 g/mol. The first-order valence-corrected chi connectivity index (χ1v) is 12.7. The standard InChI is InChI=1S/C24H21BrSi/c1-4-26(2,3)22-16-14-18-10-6-8-12-20(18)24(22)23-19-11-7-5-9-17(19)13-15-21(23)25/h4-16H,1H2,2-3H3. The Bertz CT molecular complexity index is 1140. The molecule has 0 amide bonds. The van der Waals surface area contributed by atoms with Crippen LogP contribution in [0.2, 0.25) is 13.1 Å². The van der Waals surface area contributed by atoms with E-state index in [1.165, 1.54) is 37.9 Å². The Morgan fingerprint density at radius 1 is 0.731 bits per heavy atom. The van der Waals surface area contributed by atoms with Gasteiger partial charge in [-0.3, -0.25) is 0 Å². The molecular formula is C24H21BrSi. The normalized spacial score (nSPS) is 11.8. The minimum atomic E-state index is -1.77. The van der Waals surface area contributed by atoms with Crippen LogP contribution in [0.25, 0.3) is 32.7 Å². The summed E-state index contributed by atoms with van der Waals surface area (Å²) in [4.78, 5) is 0. The van der Waals surface area contributed by atoms with Gasteiger partial charge in [-0.2, -0.15) is 0 Å². The van der Waals surface area contributed by atoms with Gasteiger partial charge in [-0.25, -0.2) is 0 Å². The smallest absolute Gasteiger partial charge is 0.104 e. The van der Waals surface area contributed by atoms with Crippen molar-refractivity contribution in [3.8, 4) is 11.1 Å². The molecule has 0 nitrogen and oxygen atoms in total. The molecule has 4 rings (SSSR count). The Kier molecular flexibility index (Phi) is 4.34. The largest absolute Gasteiger partial charge is 0.107 e. The molecule has 26 heavy (non-hydrogen) atoms. The second kappa shape index (κ2) is 6.53. The molecule has 0 unspecified atom stereocenters. The Balaban J connectivity index is 2.23. The van der Waals surface area contributed by atoms with Crippen LogP contribution >= 0.6 is 15.9 Å². The van der Waals surface area contributed by atoms with Gasteiger partial charge in [-0.05, 0) is 38.4 Å². The Morgan fingerprint density at radius 2 is 1.27 bits per heavy atom. The first-order chi connectivity index (χ1) is 12.5. The predicted molar refractivity (Wildman–Crippen MR) is 122 cm³/mol. The Hall–Kier alpha value is -2.16. The van der Waals surface area contributed by atoms with Crippen LogP contribution in [0, 0.1) is 0 Å². The summed E-state index contributed by atoms with van der Waals surface area (Å²) in [5.41, 5.74) is 4.82. The lowest BCUT2D eigenvalue weighted by atomic mass is 9.94. The Labute approximate surface area is 164 Å². The van der Waals surface area contributed by atoms with Gasteiger partial charge in [0.2, 0.25) is 0 Å². The lowest BCUT2D eigenvalue weighted by Gasteiger charge is -2.25. The zero-order chi connectivity index (χ0) is 18.3. The van der Waals surface area contributed by atoms with Crippen molar-refractivity contribution in [3.63, 3.8) is 0 Å². The van der Waals surface area contributed by atoms with Gasteiger partial charge in [0.25, 0.3) is 0 Å². The average Bonchev–Trinajstić information content (AvgIpc) is 2.67. The number of benzene rings is 4. The first-order valence-electron chi connectivity index (χ1n) is 8.86. The summed E-state index contributed by atoms with van der Waals surface area (Å²) in [7, 11) is -1.77. The van der Waals surface area contributed by atoms with Gasteiger partial charge < -0.3 is 0 Å². The van der Waals surface area contributed by atoms with Crippen LogP contribution in [0.15, 0.2) is 89.5 Å². The van der Waals surface area contributed by atoms with E-state index in [-0.39, 0.29) is 0 Å². The fourth-order valence-electron chi connectivity index (χ4n) is 3.69. The Morgan fingerprint density at radius 3 is 1.88 bits per heavy atom. The highest BCUT2D eigenvalue weighted by Crippen LogP contribution is 2.39. The second-order valence-corrected chi connectivity index (χ2v) is 12.5. The van der Waals surface area contributed by atoms with Crippen molar-refractivity contribution in [2.45, 2.75) is 13.1 Å².